The van der Waals surface area contributed by atoms with Gasteiger partial charge in [-0.3, -0.25) is 14.4 Å². The summed E-state index contributed by atoms with van der Waals surface area (Å²) in [5, 5.41) is 2.77. The molecule has 4 atom stereocenters. The Morgan fingerprint density at radius 1 is 1.15 bits per heavy atom. The van der Waals surface area contributed by atoms with Crippen LogP contribution in [0.3, 0.4) is 0 Å². The molecule has 4 rings (SSSR count). The van der Waals surface area contributed by atoms with Crippen LogP contribution in [0.2, 0.25) is 0 Å². The molecule has 27 heavy (non-hydrogen) atoms. The average molecular weight is 369 g/mol. The number of amides is 3. The van der Waals surface area contributed by atoms with Crippen molar-refractivity contribution in [1.29, 1.82) is 0 Å². The molecule has 2 aliphatic heterocycles. The molecule has 2 saturated heterocycles. The molecule has 2 bridgehead atoms. The number of nitrogens with zero attached hydrogens (tertiary/aromatic N) is 2. The molecule has 1 aromatic carbocycles. The maximum atomic E-state index is 13.1. The molecule has 0 aromatic heterocycles. The number of nitrogens with one attached hydrogen (secondary N) is 1. The van der Waals surface area contributed by atoms with Gasteiger partial charge in [0.25, 0.3) is 5.91 Å². The van der Waals surface area contributed by atoms with Crippen LogP contribution in [0.1, 0.15) is 49.9 Å². The third kappa shape index (κ3) is 2.91. The summed E-state index contributed by atoms with van der Waals surface area (Å²) >= 11 is 0. The van der Waals surface area contributed by atoms with Crippen LogP contribution in [0.5, 0.6) is 0 Å². The summed E-state index contributed by atoms with van der Waals surface area (Å²) in [5.41, 5.74) is 0.518. The molecule has 3 aliphatic rings. The highest BCUT2D eigenvalue weighted by atomic mass is 16.2. The Balaban J connectivity index is 1.49. The molecule has 1 saturated carbocycles. The number of hydrogen-bond donors (Lipinski definition) is 1. The molecule has 1 aliphatic carbocycles. The molecule has 6 nitrogen and oxygen atoms in total. The first-order chi connectivity index (χ1) is 12.9. The van der Waals surface area contributed by atoms with E-state index >= 15 is 0 Å². The van der Waals surface area contributed by atoms with E-state index in [1.165, 1.54) is 0 Å². The largest absolute Gasteiger partial charge is 0.343 e. The molecule has 0 unspecified atom stereocenters. The monoisotopic (exact) mass is 369 g/mol. The van der Waals surface area contributed by atoms with E-state index < -0.39 is 0 Å². The Morgan fingerprint density at radius 2 is 1.85 bits per heavy atom. The van der Waals surface area contributed by atoms with Crippen molar-refractivity contribution in [3.8, 4) is 0 Å². The molecular weight excluding hydrogens is 342 g/mol. The number of fused-ring (bicyclic) bond motifs is 1. The predicted molar refractivity (Wildman–Crippen MR) is 101 cm³/mol. The van der Waals surface area contributed by atoms with Crippen molar-refractivity contribution >= 4 is 17.7 Å². The van der Waals surface area contributed by atoms with Gasteiger partial charge in [-0.05, 0) is 37.8 Å². The predicted octanol–water partition coefficient (Wildman–Crippen LogP) is 1.81. The van der Waals surface area contributed by atoms with E-state index in [9.17, 15) is 14.4 Å². The van der Waals surface area contributed by atoms with Crippen molar-refractivity contribution in [3.05, 3.63) is 35.9 Å². The Kier molecular flexibility index (Phi) is 4.44. The first-order valence-electron chi connectivity index (χ1n) is 9.83. The maximum Gasteiger partial charge on any atom is 0.251 e. The number of piperidine rings is 1. The molecule has 6 heteroatoms. The third-order valence-corrected chi connectivity index (χ3v) is 6.79. The number of benzene rings is 1. The average Bonchev–Trinajstić information content (AvgIpc) is 2.96. The fourth-order valence-electron chi connectivity index (χ4n) is 5.66. The van der Waals surface area contributed by atoms with Crippen LogP contribution in [-0.4, -0.2) is 58.7 Å². The van der Waals surface area contributed by atoms with Crippen LogP contribution in [0.4, 0.5) is 0 Å². The van der Waals surface area contributed by atoms with E-state index in [2.05, 4.69) is 12.2 Å². The summed E-state index contributed by atoms with van der Waals surface area (Å²) in [6, 6.07) is 9.38. The first kappa shape index (κ1) is 18.0. The lowest BCUT2D eigenvalue weighted by atomic mass is 9.66. The zero-order valence-corrected chi connectivity index (χ0v) is 16.0. The van der Waals surface area contributed by atoms with E-state index in [0.29, 0.717) is 12.1 Å². The molecule has 0 spiro atoms. The lowest BCUT2D eigenvalue weighted by Crippen LogP contribution is -2.57. The molecule has 144 valence electrons. The maximum absolute atomic E-state index is 13.1. The minimum absolute atomic E-state index is 0.00153. The van der Waals surface area contributed by atoms with Crippen molar-refractivity contribution in [1.82, 2.24) is 15.1 Å². The Labute approximate surface area is 159 Å². The van der Waals surface area contributed by atoms with Crippen LogP contribution in [-0.2, 0) is 9.59 Å². The van der Waals surface area contributed by atoms with Crippen LogP contribution in [0, 0.1) is 5.41 Å². The van der Waals surface area contributed by atoms with E-state index in [0.717, 1.165) is 25.7 Å². The second-order valence-electron chi connectivity index (χ2n) is 8.35. The second-order valence-corrected chi connectivity index (χ2v) is 8.35. The molecule has 3 amide bonds. The Bertz CT molecular complexity index is 765. The van der Waals surface area contributed by atoms with Crippen molar-refractivity contribution in [2.75, 3.05) is 13.1 Å². The van der Waals surface area contributed by atoms with Crippen LogP contribution in [0.25, 0.3) is 0 Å². The first-order valence-corrected chi connectivity index (χ1v) is 9.83. The second kappa shape index (κ2) is 6.66. The number of rotatable bonds is 3. The van der Waals surface area contributed by atoms with Gasteiger partial charge in [0.2, 0.25) is 11.8 Å². The Hall–Kier alpha value is -2.37. The third-order valence-electron chi connectivity index (χ3n) is 6.79. The molecule has 0 radical (unpaired) electrons. The van der Waals surface area contributed by atoms with Gasteiger partial charge in [-0.2, -0.15) is 0 Å². The van der Waals surface area contributed by atoms with E-state index in [4.69, 9.17) is 0 Å². The van der Waals surface area contributed by atoms with Crippen LogP contribution < -0.4 is 5.32 Å². The highest BCUT2D eigenvalue weighted by molar-refractivity contribution is 5.96. The van der Waals surface area contributed by atoms with Gasteiger partial charge in [-0.1, -0.05) is 25.1 Å². The number of hydrogen-bond acceptors (Lipinski definition) is 3. The SMILES string of the molecule is CC(=O)N1C[C@@H]2C[C@@]3(C)[C@H](CCC[C@@H]13)N2C(=O)CNC(=O)c1ccccc1. The van der Waals surface area contributed by atoms with E-state index in [1.54, 1.807) is 31.2 Å². The van der Waals surface area contributed by atoms with Gasteiger partial charge in [0.15, 0.2) is 0 Å². The van der Waals surface area contributed by atoms with Gasteiger partial charge in [0.1, 0.15) is 0 Å². The quantitative estimate of drug-likeness (QED) is 0.883. The number of carbonyl (C=O) groups excluding carboxylic acids is 3. The normalized spacial score (nSPS) is 31.6. The zero-order valence-electron chi connectivity index (χ0n) is 16.0. The lowest BCUT2D eigenvalue weighted by molar-refractivity contribution is -0.137. The van der Waals surface area contributed by atoms with Gasteiger partial charge in [0.05, 0.1) is 12.6 Å². The zero-order chi connectivity index (χ0) is 19.2. The minimum atomic E-state index is -0.232. The van der Waals surface area contributed by atoms with E-state index in [-0.39, 0.29) is 47.8 Å². The van der Waals surface area contributed by atoms with Crippen molar-refractivity contribution in [3.63, 3.8) is 0 Å². The summed E-state index contributed by atoms with van der Waals surface area (Å²) < 4.78 is 0. The summed E-state index contributed by atoms with van der Waals surface area (Å²) in [7, 11) is 0. The lowest BCUT2D eigenvalue weighted by Gasteiger charge is -2.49. The van der Waals surface area contributed by atoms with Crippen molar-refractivity contribution in [2.45, 2.75) is 57.7 Å². The fourth-order valence-corrected chi connectivity index (χ4v) is 5.66. The van der Waals surface area contributed by atoms with Gasteiger partial charge in [-0.15, -0.1) is 0 Å². The van der Waals surface area contributed by atoms with E-state index in [1.807, 2.05) is 15.9 Å². The summed E-state index contributed by atoms with van der Waals surface area (Å²) in [5.74, 6) is -0.170. The van der Waals surface area contributed by atoms with Crippen molar-refractivity contribution in [2.24, 2.45) is 5.41 Å². The minimum Gasteiger partial charge on any atom is -0.343 e. The summed E-state index contributed by atoms with van der Waals surface area (Å²) in [6.07, 6.45) is 3.98. The smallest absolute Gasteiger partial charge is 0.251 e. The Morgan fingerprint density at radius 3 is 2.56 bits per heavy atom. The fraction of sp³-hybridized carbons (Fsp3) is 0.571. The molecule has 3 fully saturated rings. The number of carbonyl (C=O) groups is 3. The highest BCUT2D eigenvalue weighted by Gasteiger charge is 2.61. The van der Waals surface area contributed by atoms with Gasteiger partial charge >= 0.3 is 0 Å². The molecule has 1 N–H and O–H groups in total. The molecule has 2 heterocycles. The summed E-state index contributed by atoms with van der Waals surface area (Å²) in [4.78, 5) is 41.5. The standard InChI is InChI=1S/C21H27N3O3/c1-14(25)23-13-16-11-21(2)17(23)9-6-10-18(21)24(16)19(26)12-22-20(27)15-7-4-3-5-8-15/h3-5,7-8,16-18H,6,9-13H2,1-2H3,(H,22,27)/t16-,17+,18-,21+/m0/s1. The highest BCUT2D eigenvalue weighted by Crippen LogP contribution is 2.54. The van der Waals surface area contributed by atoms with Crippen LogP contribution in [0.15, 0.2) is 30.3 Å². The van der Waals surface area contributed by atoms with Gasteiger partial charge in [-0.25, -0.2) is 0 Å². The molecule has 1 aromatic rings. The molecular formula is C21H27N3O3. The van der Waals surface area contributed by atoms with Gasteiger partial charge < -0.3 is 15.1 Å². The number of likely N-dealkylation sites (tertiary alicyclic amines) is 2. The van der Waals surface area contributed by atoms with Crippen LogP contribution >= 0.6 is 0 Å². The summed E-state index contributed by atoms with van der Waals surface area (Å²) in [6.45, 7) is 4.48. The topological polar surface area (TPSA) is 69.7 Å². The van der Waals surface area contributed by atoms with Gasteiger partial charge in [0, 0.05) is 36.5 Å². The van der Waals surface area contributed by atoms with Crippen molar-refractivity contribution < 1.29 is 14.4 Å².